The molecule has 2 unspecified atom stereocenters. The molecule has 24 heavy (non-hydrogen) atoms. The van der Waals surface area contributed by atoms with Crippen molar-refractivity contribution in [3.63, 3.8) is 0 Å². The van der Waals surface area contributed by atoms with Gasteiger partial charge in [-0.25, -0.2) is 10.2 Å². The zero-order chi connectivity index (χ0) is 17.7. The van der Waals surface area contributed by atoms with Crippen LogP contribution in [0.2, 0.25) is 0 Å². The summed E-state index contributed by atoms with van der Waals surface area (Å²) in [5.41, 5.74) is 4.06. The highest BCUT2D eigenvalue weighted by Crippen LogP contribution is 2.31. The molecule has 1 aromatic carbocycles. The average Bonchev–Trinajstić information content (AvgIpc) is 2.53. The number of nitro benzene ring substituents is 1. The van der Waals surface area contributed by atoms with E-state index in [1.165, 1.54) is 30.7 Å². The van der Waals surface area contributed by atoms with Crippen LogP contribution in [0.25, 0.3) is 0 Å². The Bertz CT molecular complexity index is 625. The molecule has 1 fully saturated rings. The maximum atomic E-state index is 12.0. The van der Waals surface area contributed by atoms with Gasteiger partial charge in [0.2, 0.25) is 0 Å². The molecule has 1 aromatic rings. The number of urea groups is 1. The number of carbonyl (C=O) groups is 1. The third kappa shape index (κ3) is 4.78. The van der Waals surface area contributed by atoms with Gasteiger partial charge in [-0.2, -0.15) is 5.10 Å². The Kier molecular flexibility index (Phi) is 5.89. The van der Waals surface area contributed by atoms with Gasteiger partial charge in [-0.1, -0.05) is 20.8 Å². The normalized spacial score (nSPS) is 22.4. The number of rotatable bonds is 4. The lowest BCUT2D eigenvalue weighted by atomic mass is 9.76. The minimum Gasteiger partial charge on any atom is -0.307 e. The van der Waals surface area contributed by atoms with Crippen molar-refractivity contribution < 1.29 is 9.72 Å². The Morgan fingerprint density at radius 3 is 2.54 bits per heavy atom. The van der Waals surface area contributed by atoms with Crippen LogP contribution >= 0.6 is 0 Å². The summed E-state index contributed by atoms with van der Waals surface area (Å²) in [5, 5.41) is 17.6. The van der Waals surface area contributed by atoms with Crippen molar-refractivity contribution in [3.05, 3.63) is 34.4 Å². The van der Waals surface area contributed by atoms with Crippen LogP contribution in [0.5, 0.6) is 0 Å². The number of anilines is 1. The number of nitrogens with one attached hydrogen (secondary N) is 2. The predicted octanol–water partition coefficient (Wildman–Crippen LogP) is 4.16. The van der Waals surface area contributed by atoms with Crippen LogP contribution in [0.4, 0.5) is 16.2 Å². The number of nitrogens with zero attached hydrogens (tertiary/aromatic N) is 2. The molecule has 130 valence electrons. The second kappa shape index (κ2) is 7.90. The summed E-state index contributed by atoms with van der Waals surface area (Å²) in [6, 6.07) is 5.23. The first-order valence-electron chi connectivity index (χ1n) is 8.24. The first-order valence-corrected chi connectivity index (χ1v) is 8.24. The Balaban J connectivity index is 1.96. The molecule has 0 aromatic heterocycles. The van der Waals surface area contributed by atoms with Crippen LogP contribution in [-0.4, -0.2) is 16.7 Å². The summed E-state index contributed by atoms with van der Waals surface area (Å²) >= 11 is 0. The molecule has 7 heteroatoms. The van der Waals surface area contributed by atoms with Crippen molar-refractivity contribution in [2.75, 3.05) is 5.32 Å². The summed E-state index contributed by atoms with van der Waals surface area (Å²) in [7, 11) is 0. The van der Waals surface area contributed by atoms with Gasteiger partial charge in [-0.15, -0.1) is 0 Å². The largest absolute Gasteiger partial charge is 0.339 e. The van der Waals surface area contributed by atoms with Gasteiger partial charge in [0.05, 0.1) is 4.92 Å². The highest BCUT2D eigenvalue weighted by molar-refractivity contribution is 5.92. The molecule has 0 aliphatic heterocycles. The van der Waals surface area contributed by atoms with E-state index in [1.807, 2.05) is 0 Å². The zero-order valence-electron chi connectivity index (χ0n) is 14.3. The monoisotopic (exact) mass is 332 g/mol. The van der Waals surface area contributed by atoms with E-state index in [0.717, 1.165) is 18.6 Å². The quantitative estimate of drug-likeness (QED) is 0.640. The minimum absolute atomic E-state index is 0.0165. The van der Waals surface area contributed by atoms with Crippen molar-refractivity contribution >= 4 is 23.1 Å². The number of nitro groups is 1. The second-order valence-electron chi connectivity index (χ2n) is 6.71. The van der Waals surface area contributed by atoms with E-state index in [-0.39, 0.29) is 5.69 Å². The van der Waals surface area contributed by atoms with Crippen LogP contribution in [0.1, 0.15) is 40.0 Å². The van der Waals surface area contributed by atoms with Gasteiger partial charge in [0.1, 0.15) is 0 Å². The lowest BCUT2D eigenvalue weighted by molar-refractivity contribution is -0.384. The number of hydrazone groups is 1. The van der Waals surface area contributed by atoms with E-state index in [2.05, 4.69) is 36.6 Å². The Hall–Kier alpha value is -2.44. The van der Waals surface area contributed by atoms with Gasteiger partial charge in [0, 0.05) is 29.4 Å². The van der Waals surface area contributed by atoms with Crippen molar-refractivity contribution in [1.82, 2.24) is 5.43 Å². The molecule has 0 radical (unpaired) electrons. The Morgan fingerprint density at radius 2 is 1.96 bits per heavy atom. The maximum absolute atomic E-state index is 12.0. The number of amides is 2. The smallest absolute Gasteiger partial charge is 0.307 e. The number of hydrogen-bond donors (Lipinski definition) is 2. The van der Waals surface area contributed by atoms with Crippen molar-refractivity contribution in [1.29, 1.82) is 0 Å². The van der Waals surface area contributed by atoms with E-state index in [4.69, 9.17) is 0 Å². The molecule has 0 spiro atoms. The van der Waals surface area contributed by atoms with Crippen LogP contribution in [0.3, 0.4) is 0 Å². The average molecular weight is 332 g/mol. The van der Waals surface area contributed by atoms with Crippen molar-refractivity contribution in [2.24, 2.45) is 22.9 Å². The molecule has 2 atom stereocenters. The van der Waals surface area contributed by atoms with Gasteiger partial charge in [0.25, 0.3) is 5.69 Å². The topological polar surface area (TPSA) is 96.6 Å². The highest BCUT2D eigenvalue weighted by atomic mass is 16.6. The molecule has 0 saturated heterocycles. The van der Waals surface area contributed by atoms with Gasteiger partial charge < -0.3 is 5.32 Å². The third-order valence-corrected chi connectivity index (χ3v) is 4.40. The maximum Gasteiger partial charge on any atom is 0.339 e. The summed E-state index contributed by atoms with van der Waals surface area (Å²) in [6.45, 7) is 6.54. The molecule has 1 aliphatic rings. The SMILES string of the molecule is CC1CCC(C(C)C)/C(=N/NC(=O)Nc2ccc([N+](=O)[O-])cc2)C1. The summed E-state index contributed by atoms with van der Waals surface area (Å²) in [4.78, 5) is 22.1. The molecule has 7 nitrogen and oxygen atoms in total. The number of hydrogen-bond acceptors (Lipinski definition) is 4. The fraction of sp³-hybridized carbons (Fsp3) is 0.529. The van der Waals surface area contributed by atoms with Crippen molar-refractivity contribution in [3.8, 4) is 0 Å². The van der Waals surface area contributed by atoms with E-state index in [0.29, 0.717) is 23.4 Å². The van der Waals surface area contributed by atoms with Gasteiger partial charge in [-0.3, -0.25) is 10.1 Å². The summed E-state index contributed by atoms with van der Waals surface area (Å²) in [5.74, 6) is 1.48. The third-order valence-electron chi connectivity index (χ3n) is 4.40. The number of non-ortho nitro benzene ring substituents is 1. The van der Waals surface area contributed by atoms with E-state index >= 15 is 0 Å². The summed E-state index contributed by atoms with van der Waals surface area (Å²) in [6.07, 6.45) is 3.20. The van der Waals surface area contributed by atoms with Gasteiger partial charge >= 0.3 is 6.03 Å². The molecule has 0 bridgehead atoms. The summed E-state index contributed by atoms with van der Waals surface area (Å²) < 4.78 is 0. The van der Waals surface area contributed by atoms with Gasteiger partial charge in [-0.05, 0) is 43.2 Å². The lowest BCUT2D eigenvalue weighted by Gasteiger charge is -2.30. The molecular formula is C17H24N4O3. The van der Waals surface area contributed by atoms with Crippen molar-refractivity contribution in [2.45, 2.75) is 40.0 Å². The molecular weight excluding hydrogens is 308 g/mol. The molecule has 2 rings (SSSR count). The predicted molar refractivity (Wildman–Crippen MR) is 94.0 cm³/mol. The second-order valence-corrected chi connectivity index (χ2v) is 6.71. The highest BCUT2D eigenvalue weighted by Gasteiger charge is 2.27. The van der Waals surface area contributed by atoms with E-state index in [1.54, 1.807) is 0 Å². The minimum atomic E-state index is -0.480. The fourth-order valence-corrected chi connectivity index (χ4v) is 3.04. The number of benzene rings is 1. The van der Waals surface area contributed by atoms with Crippen LogP contribution in [0, 0.1) is 27.9 Å². The number of carbonyl (C=O) groups excluding carboxylic acids is 1. The molecule has 1 saturated carbocycles. The lowest BCUT2D eigenvalue weighted by Crippen LogP contribution is -2.32. The molecule has 0 heterocycles. The van der Waals surface area contributed by atoms with E-state index < -0.39 is 11.0 Å². The molecule has 1 aliphatic carbocycles. The first kappa shape index (κ1) is 17.9. The van der Waals surface area contributed by atoms with Crippen LogP contribution in [0.15, 0.2) is 29.4 Å². The van der Waals surface area contributed by atoms with Crippen LogP contribution < -0.4 is 10.7 Å². The first-order chi connectivity index (χ1) is 11.4. The Labute approximate surface area is 141 Å². The zero-order valence-corrected chi connectivity index (χ0v) is 14.3. The molecule has 2 amide bonds. The molecule has 2 N–H and O–H groups in total. The Morgan fingerprint density at radius 1 is 1.29 bits per heavy atom. The van der Waals surface area contributed by atoms with Gasteiger partial charge in [0.15, 0.2) is 0 Å². The van der Waals surface area contributed by atoms with Crippen LogP contribution in [-0.2, 0) is 0 Å². The van der Waals surface area contributed by atoms with E-state index in [9.17, 15) is 14.9 Å². The fourth-order valence-electron chi connectivity index (χ4n) is 3.04. The standard InChI is InChI=1S/C17H24N4O3/c1-11(2)15-9-4-12(3)10-16(15)19-20-17(22)18-13-5-7-14(8-6-13)21(23)24/h5-8,11-12,15H,4,9-10H2,1-3H3,(H2,18,20,22)/b19-16+.